The first-order valence-electron chi connectivity index (χ1n) is 5.60. The minimum Gasteiger partial charge on any atom is -0.496 e. The van der Waals surface area contributed by atoms with Gasteiger partial charge in [-0.25, -0.2) is 4.79 Å². The number of rotatable bonds is 6. The molecule has 0 heterocycles. The van der Waals surface area contributed by atoms with Crippen molar-refractivity contribution in [1.29, 1.82) is 0 Å². The van der Waals surface area contributed by atoms with E-state index in [1.165, 1.54) is 0 Å². The van der Waals surface area contributed by atoms with Crippen molar-refractivity contribution in [2.24, 2.45) is 0 Å². The zero-order valence-electron chi connectivity index (χ0n) is 10.4. The number of hydrogen-bond acceptors (Lipinski definition) is 3. The van der Waals surface area contributed by atoms with Gasteiger partial charge >= 0.3 is 5.97 Å². The first-order chi connectivity index (χ1) is 8.08. The molecule has 1 atom stereocenters. The van der Waals surface area contributed by atoms with Crippen LogP contribution in [0.1, 0.15) is 36.2 Å². The lowest BCUT2D eigenvalue weighted by Crippen LogP contribution is -2.00. The maximum atomic E-state index is 10.9. The fourth-order valence-corrected chi connectivity index (χ4v) is 2.30. The van der Waals surface area contributed by atoms with Crippen LogP contribution in [0.15, 0.2) is 18.2 Å². The highest BCUT2D eigenvalue weighted by Gasteiger charge is 2.10. The highest BCUT2D eigenvalue weighted by molar-refractivity contribution is 7.99. The number of carboxylic acid groups (broad SMARTS) is 1. The molecular weight excluding hydrogens is 236 g/mol. The van der Waals surface area contributed by atoms with Crippen LogP contribution < -0.4 is 4.74 Å². The van der Waals surface area contributed by atoms with Crippen LogP contribution in [0.5, 0.6) is 5.75 Å². The van der Waals surface area contributed by atoms with Gasteiger partial charge in [-0.3, -0.25) is 0 Å². The SMILES string of the molecule is CCC(C)SCc1cc(C(=O)O)ccc1OC. The molecule has 94 valence electrons. The van der Waals surface area contributed by atoms with Gasteiger partial charge in [0, 0.05) is 16.6 Å². The summed E-state index contributed by atoms with van der Waals surface area (Å²) >= 11 is 1.81. The fraction of sp³-hybridized carbons (Fsp3) is 0.462. The Morgan fingerprint density at radius 2 is 2.24 bits per heavy atom. The summed E-state index contributed by atoms with van der Waals surface area (Å²) < 4.78 is 5.24. The Morgan fingerprint density at radius 1 is 1.53 bits per heavy atom. The Morgan fingerprint density at radius 3 is 2.76 bits per heavy atom. The zero-order valence-corrected chi connectivity index (χ0v) is 11.2. The zero-order chi connectivity index (χ0) is 12.8. The number of ether oxygens (including phenoxy) is 1. The maximum absolute atomic E-state index is 10.9. The molecule has 1 unspecified atom stereocenters. The van der Waals surface area contributed by atoms with E-state index in [4.69, 9.17) is 9.84 Å². The Bertz CT molecular complexity index is 390. The molecule has 1 N–H and O–H groups in total. The predicted molar refractivity (Wildman–Crippen MR) is 71.0 cm³/mol. The number of carboxylic acids is 1. The van der Waals surface area contributed by atoms with Gasteiger partial charge in [-0.2, -0.15) is 11.8 Å². The van der Waals surface area contributed by atoms with Crippen molar-refractivity contribution in [2.75, 3.05) is 7.11 Å². The molecule has 0 aliphatic carbocycles. The maximum Gasteiger partial charge on any atom is 0.335 e. The Kier molecular flexibility index (Phi) is 5.35. The normalized spacial score (nSPS) is 12.2. The summed E-state index contributed by atoms with van der Waals surface area (Å²) in [5.41, 5.74) is 1.25. The molecule has 0 aromatic heterocycles. The number of thioether (sulfide) groups is 1. The molecule has 0 fully saturated rings. The molecule has 3 nitrogen and oxygen atoms in total. The molecule has 0 spiro atoms. The minimum atomic E-state index is -0.901. The first kappa shape index (κ1) is 13.9. The van der Waals surface area contributed by atoms with Crippen LogP contribution in [0.3, 0.4) is 0 Å². The van der Waals surface area contributed by atoms with Crippen molar-refractivity contribution in [1.82, 2.24) is 0 Å². The predicted octanol–water partition coefficient (Wildman–Crippen LogP) is 3.43. The summed E-state index contributed by atoms with van der Waals surface area (Å²) in [6.07, 6.45) is 1.10. The molecule has 17 heavy (non-hydrogen) atoms. The lowest BCUT2D eigenvalue weighted by molar-refractivity contribution is 0.0696. The van der Waals surface area contributed by atoms with Crippen LogP contribution >= 0.6 is 11.8 Å². The average molecular weight is 254 g/mol. The molecule has 1 rings (SSSR count). The van der Waals surface area contributed by atoms with Crippen molar-refractivity contribution in [3.8, 4) is 5.75 Å². The Labute approximate surface area is 106 Å². The van der Waals surface area contributed by atoms with Crippen LogP contribution in [0.4, 0.5) is 0 Å². The quantitative estimate of drug-likeness (QED) is 0.845. The van der Waals surface area contributed by atoms with Gasteiger partial charge in [0.2, 0.25) is 0 Å². The van der Waals surface area contributed by atoms with Crippen molar-refractivity contribution in [3.05, 3.63) is 29.3 Å². The monoisotopic (exact) mass is 254 g/mol. The van der Waals surface area contributed by atoms with E-state index in [1.54, 1.807) is 37.1 Å². The number of methoxy groups -OCH3 is 1. The van der Waals surface area contributed by atoms with Crippen LogP contribution in [-0.2, 0) is 5.75 Å². The van der Waals surface area contributed by atoms with Crippen LogP contribution in [0.25, 0.3) is 0 Å². The molecule has 0 amide bonds. The fourth-order valence-electron chi connectivity index (χ4n) is 1.37. The van der Waals surface area contributed by atoms with Crippen molar-refractivity contribution in [2.45, 2.75) is 31.3 Å². The van der Waals surface area contributed by atoms with Gasteiger partial charge in [0.05, 0.1) is 12.7 Å². The Balaban J connectivity index is 2.86. The molecule has 4 heteroatoms. The smallest absolute Gasteiger partial charge is 0.335 e. The average Bonchev–Trinajstić information content (AvgIpc) is 2.35. The molecule has 0 radical (unpaired) electrons. The Hall–Kier alpha value is -1.16. The van der Waals surface area contributed by atoms with E-state index in [2.05, 4.69) is 13.8 Å². The third-order valence-corrected chi connectivity index (χ3v) is 4.01. The van der Waals surface area contributed by atoms with E-state index in [0.29, 0.717) is 10.8 Å². The van der Waals surface area contributed by atoms with Gasteiger partial charge < -0.3 is 9.84 Å². The van der Waals surface area contributed by atoms with Gasteiger partial charge in [0.1, 0.15) is 5.75 Å². The van der Waals surface area contributed by atoms with Crippen molar-refractivity contribution in [3.63, 3.8) is 0 Å². The summed E-state index contributed by atoms with van der Waals surface area (Å²) in [5.74, 6) is 0.632. The van der Waals surface area contributed by atoms with Crippen molar-refractivity contribution < 1.29 is 14.6 Å². The van der Waals surface area contributed by atoms with Crippen LogP contribution in [-0.4, -0.2) is 23.4 Å². The number of carbonyl (C=O) groups is 1. The molecular formula is C13H18O3S. The lowest BCUT2D eigenvalue weighted by atomic mass is 10.1. The third-order valence-electron chi connectivity index (χ3n) is 2.63. The van der Waals surface area contributed by atoms with E-state index < -0.39 is 5.97 Å². The van der Waals surface area contributed by atoms with E-state index in [9.17, 15) is 4.79 Å². The summed E-state index contributed by atoms with van der Waals surface area (Å²) in [5, 5.41) is 9.51. The standard InChI is InChI=1S/C13H18O3S/c1-4-9(2)17-8-11-7-10(13(14)15)5-6-12(11)16-3/h5-7,9H,4,8H2,1-3H3,(H,14,15). The summed E-state index contributed by atoms with van der Waals surface area (Å²) in [7, 11) is 1.60. The third kappa shape index (κ3) is 3.97. The van der Waals surface area contributed by atoms with Gasteiger partial charge in [-0.15, -0.1) is 0 Å². The minimum absolute atomic E-state index is 0.311. The molecule has 0 aliphatic rings. The van der Waals surface area contributed by atoms with Crippen LogP contribution in [0, 0.1) is 0 Å². The van der Waals surface area contributed by atoms with E-state index >= 15 is 0 Å². The number of benzene rings is 1. The van der Waals surface area contributed by atoms with E-state index in [0.717, 1.165) is 23.5 Å². The van der Waals surface area contributed by atoms with E-state index in [-0.39, 0.29) is 0 Å². The lowest BCUT2D eigenvalue weighted by Gasteiger charge is -2.12. The van der Waals surface area contributed by atoms with Crippen molar-refractivity contribution >= 4 is 17.7 Å². The largest absolute Gasteiger partial charge is 0.496 e. The first-order valence-corrected chi connectivity index (χ1v) is 6.65. The highest BCUT2D eigenvalue weighted by Crippen LogP contribution is 2.27. The number of hydrogen-bond donors (Lipinski definition) is 1. The van der Waals surface area contributed by atoms with Gasteiger partial charge in [-0.1, -0.05) is 13.8 Å². The van der Waals surface area contributed by atoms with Crippen LogP contribution in [0.2, 0.25) is 0 Å². The molecule has 0 saturated carbocycles. The molecule has 1 aromatic rings. The highest BCUT2D eigenvalue weighted by atomic mass is 32.2. The second-order valence-corrected chi connectivity index (χ2v) is 5.29. The molecule has 0 aliphatic heterocycles. The van der Waals surface area contributed by atoms with E-state index in [1.807, 2.05) is 0 Å². The molecule has 0 bridgehead atoms. The van der Waals surface area contributed by atoms with Gasteiger partial charge in [0.15, 0.2) is 0 Å². The second kappa shape index (κ2) is 6.55. The summed E-state index contributed by atoms with van der Waals surface area (Å²) in [4.78, 5) is 10.9. The second-order valence-electron chi connectivity index (χ2n) is 3.86. The molecule has 0 saturated heterocycles. The van der Waals surface area contributed by atoms with Gasteiger partial charge in [0.25, 0.3) is 0 Å². The van der Waals surface area contributed by atoms with Gasteiger partial charge in [-0.05, 0) is 24.6 Å². The molecule has 1 aromatic carbocycles. The summed E-state index contributed by atoms with van der Waals surface area (Å²) in [6, 6.07) is 4.98. The topological polar surface area (TPSA) is 46.5 Å². The summed E-state index contributed by atoms with van der Waals surface area (Å²) in [6.45, 7) is 4.31. The number of aromatic carboxylic acids is 1.